The molecular formula is C14H30N2. The number of nitrogens with zero attached hydrogens (tertiary/aromatic N) is 1. The van der Waals surface area contributed by atoms with Crippen LogP contribution in [-0.2, 0) is 0 Å². The molecule has 1 aliphatic heterocycles. The minimum absolute atomic E-state index is 0.707. The number of hydrogen-bond donors (Lipinski definition) is 1. The highest BCUT2D eigenvalue weighted by Gasteiger charge is 2.22. The normalized spacial score (nSPS) is 30.0. The predicted molar refractivity (Wildman–Crippen MR) is 71.8 cm³/mol. The van der Waals surface area contributed by atoms with Crippen molar-refractivity contribution in [2.45, 2.75) is 65.5 Å². The number of hydrogen-bond acceptors (Lipinski definition) is 2. The van der Waals surface area contributed by atoms with Gasteiger partial charge >= 0.3 is 0 Å². The molecule has 0 bridgehead atoms. The van der Waals surface area contributed by atoms with Crippen LogP contribution < -0.4 is 5.32 Å². The SMILES string of the molecule is CCCC(C)CN1CC(CC)NCCC1C. The fourth-order valence-electron chi connectivity index (χ4n) is 2.72. The van der Waals surface area contributed by atoms with Gasteiger partial charge in [-0.25, -0.2) is 0 Å². The first-order valence-electron chi connectivity index (χ1n) is 7.14. The zero-order valence-corrected chi connectivity index (χ0v) is 11.6. The lowest BCUT2D eigenvalue weighted by Crippen LogP contribution is -2.41. The molecular weight excluding hydrogens is 196 g/mol. The summed E-state index contributed by atoms with van der Waals surface area (Å²) >= 11 is 0. The van der Waals surface area contributed by atoms with Crippen molar-refractivity contribution in [2.75, 3.05) is 19.6 Å². The Morgan fingerprint density at radius 3 is 2.75 bits per heavy atom. The molecule has 0 radical (unpaired) electrons. The Morgan fingerprint density at radius 2 is 2.12 bits per heavy atom. The van der Waals surface area contributed by atoms with Gasteiger partial charge in [-0.3, -0.25) is 4.90 Å². The maximum absolute atomic E-state index is 3.66. The fraction of sp³-hybridized carbons (Fsp3) is 1.00. The second-order valence-electron chi connectivity index (χ2n) is 5.54. The van der Waals surface area contributed by atoms with E-state index in [0.717, 1.165) is 12.0 Å². The lowest BCUT2D eigenvalue weighted by atomic mass is 10.0. The smallest absolute Gasteiger partial charge is 0.0192 e. The van der Waals surface area contributed by atoms with E-state index in [1.807, 2.05) is 0 Å². The lowest BCUT2D eigenvalue weighted by Gasteiger charge is -2.31. The Hall–Kier alpha value is -0.0800. The van der Waals surface area contributed by atoms with Crippen LogP contribution >= 0.6 is 0 Å². The molecule has 1 fully saturated rings. The maximum Gasteiger partial charge on any atom is 0.0192 e. The molecule has 1 aliphatic rings. The van der Waals surface area contributed by atoms with Crippen molar-refractivity contribution in [1.82, 2.24) is 10.2 Å². The third kappa shape index (κ3) is 4.42. The Morgan fingerprint density at radius 1 is 1.38 bits per heavy atom. The summed E-state index contributed by atoms with van der Waals surface area (Å²) in [6.07, 6.45) is 5.24. The lowest BCUT2D eigenvalue weighted by molar-refractivity contribution is 0.173. The van der Waals surface area contributed by atoms with E-state index in [1.54, 1.807) is 0 Å². The topological polar surface area (TPSA) is 15.3 Å². The van der Waals surface area contributed by atoms with Gasteiger partial charge in [0.25, 0.3) is 0 Å². The maximum atomic E-state index is 3.66. The standard InChI is InChI=1S/C14H30N2/c1-5-7-12(3)10-16-11-14(6-2)15-9-8-13(16)4/h12-15H,5-11H2,1-4H3. The Balaban J connectivity index is 2.46. The van der Waals surface area contributed by atoms with Crippen LogP contribution in [0.3, 0.4) is 0 Å². The van der Waals surface area contributed by atoms with Gasteiger partial charge in [0.2, 0.25) is 0 Å². The molecule has 3 unspecified atom stereocenters. The Kier molecular flexibility index (Phi) is 6.37. The van der Waals surface area contributed by atoms with Gasteiger partial charge in [-0.2, -0.15) is 0 Å². The van der Waals surface area contributed by atoms with E-state index in [1.165, 1.54) is 45.3 Å². The van der Waals surface area contributed by atoms with Gasteiger partial charge in [0, 0.05) is 25.2 Å². The van der Waals surface area contributed by atoms with Crippen molar-refractivity contribution in [1.29, 1.82) is 0 Å². The van der Waals surface area contributed by atoms with Gasteiger partial charge in [-0.15, -0.1) is 0 Å². The van der Waals surface area contributed by atoms with Gasteiger partial charge in [0.1, 0.15) is 0 Å². The second kappa shape index (κ2) is 7.29. The monoisotopic (exact) mass is 226 g/mol. The quantitative estimate of drug-likeness (QED) is 0.775. The van der Waals surface area contributed by atoms with Gasteiger partial charge in [0.15, 0.2) is 0 Å². The average molecular weight is 226 g/mol. The first kappa shape index (κ1) is 14.0. The van der Waals surface area contributed by atoms with Crippen molar-refractivity contribution in [3.63, 3.8) is 0 Å². The average Bonchev–Trinajstić information content (AvgIpc) is 2.42. The van der Waals surface area contributed by atoms with E-state index in [9.17, 15) is 0 Å². The van der Waals surface area contributed by atoms with E-state index in [-0.39, 0.29) is 0 Å². The molecule has 0 spiro atoms. The van der Waals surface area contributed by atoms with E-state index < -0.39 is 0 Å². The number of rotatable bonds is 5. The van der Waals surface area contributed by atoms with E-state index >= 15 is 0 Å². The molecule has 3 atom stereocenters. The van der Waals surface area contributed by atoms with Gasteiger partial charge < -0.3 is 5.32 Å². The molecule has 96 valence electrons. The Labute approximate surface area is 102 Å². The summed E-state index contributed by atoms with van der Waals surface area (Å²) in [6.45, 7) is 13.1. The molecule has 0 aliphatic carbocycles. The molecule has 0 aromatic heterocycles. The summed E-state index contributed by atoms with van der Waals surface area (Å²) in [5.41, 5.74) is 0. The third-order valence-corrected chi connectivity index (χ3v) is 3.89. The van der Waals surface area contributed by atoms with Gasteiger partial charge in [-0.05, 0) is 38.6 Å². The van der Waals surface area contributed by atoms with Gasteiger partial charge in [-0.1, -0.05) is 27.2 Å². The summed E-state index contributed by atoms with van der Waals surface area (Å²) in [6, 6.07) is 1.46. The molecule has 1 heterocycles. The fourth-order valence-corrected chi connectivity index (χ4v) is 2.72. The van der Waals surface area contributed by atoms with Crippen LogP contribution in [0.5, 0.6) is 0 Å². The largest absolute Gasteiger partial charge is 0.313 e. The highest BCUT2D eigenvalue weighted by atomic mass is 15.2. The molecule has 1 rings (SSSR count). The highest BCUT2D eigenvalue weighted by Crippen LogP contribution is 2.15. The molecule has 0 amide bonds. The first-order chi connectivity index (χ1) is 7.67. The summed E-state index contributed by atoms with van der Waals surface area (Å²) in [7, 11) is 0. The van der Waals surface area contributed by atoms with Crippen LogP contribution in [0.2, 0.25) is 0 Å². The van der Waals surface area contributed by atoms with Crippen molar-refractivity contribution in [2.24, 2.45) is 5.92 Å². The molecule has 1 N–H and O–H groups in total. The molecule has 1 saturated heterocycles. The third-order valence-electron chi connectivity index (χ3n) is 3.89. The minimum Gasteiger partial charge on any atom is -0.313 e. The molecule has 2 heteroatoms. The van der Waals surface area contributed by atoms with Crippen LogP contribution in [0.4, 0.5) is 0 Å². The molecule has 16 heavy (non-hydrogen) atoms. The summed E-state index contributed by atoms with van der Waals surface area (Å²) in [5.74, 6) is 0.850. The van der Waals surface area contributed by atoms with Crippen LogP contribution in [0.15, 0.2) is 0 Å². The van der Waals surface area contributed by atoms with Crippen LogP contribution in [-0.4, -0.2) is 36.6 Å². The van der Waals surface area contributed by atoms with E-state index in [2.05, 4.69) is 37.9 Å². The summed E-state index contributed by atoms with van der Waals surface area (Å²) in [5, 5.41) is 3.66. The van der Waals surface area contributed by atoms with Crippen LogP contribution in [0.1, 0.15) is 53.4 Å². The van der Waals surface area contributed by atoms with E-state index in [0.29, 0.717) is 6.04 Å². The minimum atomic E-state index is 0.707. The van der Waals surface area contributed by atoms with E-state index in [4.69, 9.17) is 0 Å². The van der Waals surface area contributed by atoms with Crippen LogP contribution in [0.25, 0.3) is 0 Å². The van der Waals surface area contributed by atoms with Gasteiger partial charge in [0.05, 0.1) is 0 Å². The molecule has 0 aromatic carbocycles. The zero-order chi connectivity index (χ0) is 12.0. The molecule has 0 saturated carbocycles. The first-order valence-corrected chi connectivity index (χ1v) is 7.14. The zero-order valence-electron chi connectivity index (χ0n) is 11.6. The molecule has 0 aromatic rings. The second-order valence-corrected chi connectivity index (χ2v) is 5.54. The van der Waals surface area contributed by atoms with Crippen molar-refractivity contribution < 1.29 is 0 Å². The Bertz CT molecular complexity index is 182. The van der Waals surface area contributed by atoms with Crippen molar-refractivity contribution in [3.05, 3.63) is 0 Å². The summed E-state index contributed by atoms with van der Waals surface area (Å²) < 4.78 is 0. The molecule has 2 nitrogen and oxygen atoms in total. The summed E-state index contributed by atoms with van der Waals surface area (Å²) in [4.78, 5) is 2.70. The highest BCUT2D eigenvalue weighted by molar-refractivity contribution is 4.81. The van der Waals surface area contributed by atoms with Crippen LogP contribution in [0, 0.1) is 5.92 Å². The van der Waals surface area contributed by atoms with Crippen molar-refractivity contribution >= 4 is 0 Å². The van der Waals surface area contributed by atoms with Crippen molar-refractivity contribution in [3.8, 4) is 0 Å². The predicted octanol–water partition coefficient (Wildman–Crippen LogP) is 2.89. The number of nitrogens with one attached hydrogen (secondary N) is 1.